The molecule has 0 heterocycles. The summed E-state index contributed by atoms with van der Waals surface area (Å²) in [6.45, 7) is 2.34. The van der Waals surface area contributed by atoms with Crippen LogP contribution in [0.5, 0.6) is 11.5 Å². The van der Waals surface area contributed by atoms with Crippen LogP contribution < -0.4 is 14.8 Å². The van der Waals surface area contributed by atoms with Crippen LogP contribution in [0.15, 0.2) is 18.2 Å². The normalized spacial score (nSPS) is 18.5. The van der Waals surface area contributed by atoms with Crippen LogP contribution in [-0.2, 0) is 6.42 Å². The lowest BCUT2D eigenvalue weighted by atomic mass is 9.74. The van der Waals surface area contributed by atoms with Crippen LogP contribution in [0.3, 0.4) is 0 Å². The lowest BCUT2D eigenvalue weighted by Gasteiger charge is -2.37. The smallest absolute Gasteiger partial charge is 0.160 e. The van der Waals surface area contributed by atoms with E-state index in [4.69, 9.17) is 9.47 Å². The highest BCUT2D eigenvalue weighted by Gasteiger charge is 2.38. The van der Waals surface area contributed by atoms with E-state index in [0.29, 0.717) is 11.5 Å². The first-order chi connectivity index (χ1) is 10.2. The van der Waals surface area contributed by atoms with Gasteiger partial charge in [0.15, 0.2) is 11.5 Å². The summed E-state index contributed by atoms with van der Waals surface area (Å²) < 4.78 is 10.7. The molecule has 0 spiro atoms. The third-order valence-electron chi connectivity index (χ3n) is 5.28. The average Bonchev–Trinajstić information content (AvgIpc) is 3.02. The third kappa shape index (κ3) is 3.34. The molecular formula is C18H29NO2. The summed E-state index contributed by atoms with van der Waals surface area (Å²) in [6, 6.07) is 6.81. The van der Waals surface area contributed by atoms with Crippen molar-refractivity contribution >= 4 is 0 Å². The van der Waals surface area contributed by atoms with Crippen molar-refractivity contribution < 1.29 is 9.47 Å². The molecule has 1 saturated carbocycles. The zero-order valence-corrected chi connectivity index (χ0v) is 13.9. The van der Waals surface area contributed by atoms with E-state index in [-0.39, 0.29) is 0 Å². The molecular weight excluding hydrogens is 262 g/mol. The topological polar surface area (TPSA) is 30.5 Å². The van der Waals surface area contributed by atoms with Gasteiger partial charge in [0.05, 0.1) is 14.2 Å². The van der Waals surface area contributed by atoms with Gasteiger partial charge < -0.3 is 14.8 Å². The van der Waals surface area contributed by atoms with E-state index in [9.17, 15) is 0 Å². The molecule has 0 aliphatic heterocycles. The Morgan fingerprint density at radius 1 is 1.14 bits per heavy atom. The first kappa shape index (κ1) is 16.2. The Hall–Kier alpha value is -1.22. The van der Waals surface area contributed by atoms with Crippen molar-refractivity contribution in [2.24, 2.45) is 5.41 Å². The van der Waals surface area contributed by atoms with Gasteiger partial charge >= 0.3 is 0 Å². The second kappa shape index (κ2) is 7.17. The van der Waals surface area contributed by atoms with Crippen molar-refractivity contribution in [3.05, 3.63) is 23.8 Å². The van der Waals surface area contributed by atoms with Gasteiger partial charge in [-0.25, -0.2) is 0 Å². The van der Waals surface area contributed by atoms with E-state index in [0.717, 1.165) is 17.9 Å². The average molecular weight is 291 g/mol. The van der Waals surface area contributed by atoms with Crippen LogP contribution in [-0.4, -0.2) is 27.3 Å². The van der Waals surface area contributed by atoms with Crippen LogP contribution in [0.2, 0.25) is 0 Å². The second-order valence-electron chi connectivity index (χ2n) is 6.16. The van der Waals surface area contributed by atoms with Crippen molar-refractivity contribution in [3.63, 3.8) is 0 Å². The first-order valence-corrected chi connectivity index (χ1v) is 8.07. The third-order valence-corrected chi connectivity index (χ3v) is 5.28. The number of methoxy groups -OCH3 is 2. The van der Waals surface area contributed by atoms with Gasteiger partial charge in [-0.1, -0.05) is 25.8 Å². The molecule has 3 nitrogen and oxygen atoms in total. The Kier molecular flexibility index (Phi) is 5.51. The number of hydrogen-bond acceptors (Lipinski definition) is 3. The summed E-state index contributed by atoms with van der Waals surface area (Å²) in [7, 11) is 5.47. The fourth-order valence-corrected chi connectivity index (χ4v) is 3.90. The molecule has 1 aliphatic rings. The van der Waals surface area contributed by atoms with Crippen LogP contribution >= 0.6 is 0 Å². The molecule has 1 unspecified atom stereocenters. The molecule has 21 heavy (non-hydrogen) atoms. The van der Waals surface area contributed by atoms with Crippen LogP contribution in [0.25, 0.3) is 0 Å². The Balaban J connectivity index is 2.18. The quantitative estimate of drug-likeness (QED) is 0.829. The van der Waals surface area contributed by atoms with E-state index in [1.807, 2.05) is 6.07 Å². The number of rotatable bonds is 7. The Morgan fingerprint density at radius 3 is 2.33 bits per heavy atom. The zero-order valence-electron chi connectivity index (χ0n) is 13.9. The minimum atomic E-state index is 0.460. The van der Waals surface area contributed by atoms with Crippen molar-refractivity contribution in [2.75, 3.05) is 21.3 Å². The predicted octanol–water partition coefficient (Wildman–Crippen LogP) is 3.80. The van der Waals surface area contributed by atoms with Crippen molar-refractivity contribution in [2.45, 2.75) is 51.5 Å². The summed E-state index contributed by atoms with van der Waals surface area (Å²) >= 11 is 0. The molecule has 0 aromatic heterocycles. The molecule has 0 radical (unpaired) electrons. The molecule has 1 aliphatic carbocycles. The van der Waals surface area contributed by atoms with E-state index >= 15 is 0 Å². The van der Waals surface area contributed by atoms with Crippen molar-refractivity contribution in [1.82, 2.24) is 5.32 Å². The molecule has 118 valence electrons. The number of benzene rings is 1. The molecule has 2 rings (SSSR count). The Bertz CT molecular complexity index is 453. The van der Waals surface area contributed by atoms with Gasteiger partial charge in [0.25, 0.3) is 0 Å². The molecule has 1 atom stereocenters. The minimum Gasteiger partial charge on any atom is -0.493 e. The van der Waals surface area contributed by atoms with E-state index in [1.54, 1.807) is 14.2 Å². The Morgan fingerprint density at radius 2 is 1.81 bits per heavy atom. The van der Waals surface area contributed by atoms with Crippen LogP contribution in [0, 0.1) is 5.41 Å². The highest BCUT2D eigenvalue weighted by Crippen LogP contribution is 2.45. The van der Waals surface area contributed by atoms with Crippen molar-refractivity contribution in [3.8, 4) is 11.5 Å². The number of hydrogen-bond donors (Lipinski definition) is 1. The lowest BCUT2D eigenvalue weighted by molar-refractivity contribution is 0.192. The molecule has 0 bridgehead atoms. The van der Waals surface area contributed by atoms with Crippen molar-refractivity contribution in [1.29, 1.82) is 0 Å². The van der Waals surface area contributed by atoms with Crippen LogP contribution in [0.4, 0.5) is 0 Å². The fraction of sp³-hybridized carbons (Fsp3) is 0.667. The first-order valence-electron chi connectivity index (χ1n) is 8.07. The van der Waals surface area contributed by atoms with Gasteiger partial charge in [0, 0.05) is 6.04 Å². The number of nitrogens with one attached hydrogen (secondary N) is 1. The van der Waals surface area contributed by atoms with Gasteiger partial charge in [-0.05, 0) is 55.8 Å². The summed E-state index contributed by atoms with van der Waals surface area (Å²) in [5.74, 6) is 1.62. The largest absolute Gasteiger partial charge is 0.493 e. The maximum atomic E-state index is 5.42. The summed E-state index contributed by atoms with van der Waals surface area (Å²) in [5.41, 5.74) is 1.77. The maximum absolute atomic E-state index is 5.42. The molecule has 1 aromatic rings. The highest BCUT2D eigenvalue weighted by molar-refractivity contribution is 5.43. The lowest BCUT2D eigenvalue weighted by Crippen LogP contribution is -2.43. The summed E-state index contributed by atoms with van der Waals surface area (Å²) in [4.78, 5) is 0. The number of likely N-dealkylation sites (N-methyl/N-ethyl adjacent to an activating group) is 1. The highest BCUT2D eigenvalue weighted by atomic mass is 16.5. The maximum Gasteiger partial charge on any atom is 0.160 e. The fourth-order valence-electron chi connectivity index (χ4n) is 3.90. The van der Waals surface area contributed by atoms with Gasteiger partial charge in [0.1, 0.15) is 0 Å². The number of ether oxygens (including phenoxy) is 2. The van der Waals surface area contributed by atoms with Gasteiger partial charge in [-0.3, -0.25) is 0 Å². The minimum absolute atomic E-state index is 0.460. The van der Waals surface area contributed by atoms with Gasteiger partial charge in [-0.15, -0.1) is 0 Å². The van der Waals surface area contributed by atoms with E-state index in [2.05, 4.69) is 31.4 Å². The van der Waals surface area contributed by atoms with Gasteiger partial charge in [0.2, 0.25) is 0 Å². The van der Waals surface area contributed by atoms with Crippen LogP contribution in [0.1, 0.15) is 44.6 Å². The summed E-state index contributed by atoms with van der Waals surface area (Å²) in [6.07, 6.45) is 7.75. The summed E-state index contributed by atoms with van der Waals surface area (Å²) in [5, 5.41) is 3.58. The van der Waals surface area contributed by atoms with E-state index < -0.39 is 0 Å². The molecule has 0 amide bonds. The molecule has 3 heteroatoms. The van der Waals surface area contributed by atoms with Gasteiger partial charge in [-0.2, -0.15) is 0 Å². The Labute approximate surface area is 129 Å². The second-order valence-corrected chi connectivity index (χ2v) is 6.16. The zero-order chi connectivity index (χ0) is 15.3. The molecule has 0 saturated heterocycles. The predicted molar refractivity (Wildman–Crippen MR) is 87.3 cm³/mol. The molecule has 1 fully saturated rings. The van der Waals surface area contributed by atoms with E-state index in [1.165, 1.54) is 37.7 Å². The molecule has 1 N–H and O–H groups in total. The SMILES string of the molecule is CCC1(C(Cc2ccc(OC)c(OC)c2)NC)CCCC1. The molecule has 1 aromatic carbocycles. The standard InChI is InChI=1S/C18H29NO2/c1-5-18(10-6-7-11-18)17(19-2)13-14-8-9-15(20-3)16(12-14)21-4/h8-9,12,17,19H,5-7,10-11,13H2,1-4H3. The monoisotopic (exact) mass is 291 g/mol.